The third-order valence-electron chi connectivity index (χ3n) is 4.38. The quantitative estimate of drug-likeness (QED) is 0.540. The Morgan fingerprint density at radius 2 is 1.47 bits per heavy atom. The third kappa shape index (κ3) is 6.10. The van der Waals surface area contributed by atoms with Crippen molar-refractivity contribution in [1.29, 1.82) is 0 Å². The van der Waals surface area contributed by atoms with Gasteiger partial charge in [0.05, 0.1) is 6.42 Å². The van der Waals surface area contributed by atoms with Crippen molar-refractivity contribution >= 4 is 17.6 Å². The number of rotatable bonds is 9. The van der Waals surface area contributed by atoms with Gasteiger partial charge < -0.3 is 19.9 Å². The molecule has 0 unspecified atom stereocenters. The fraction of sp³-hybridized carbons (Fsp3) is 0.167. The molecule has 3 aromatic rings. The van der Waals surface area contributed by atoms with Crippen molar-refractivity contribution < 1.29 is 24.2 Å². The van der Waals surface area contributed by atoms with Crippen LogP contribution in [0.2, 0.25) is 0 Å². The molecule has 6 heteroatoms. The SMILES string of the molecule is CCc1ccccc1NC(=O)Cc1ccc(Oc2ccc(OCC(=O)O)cc2)cc1. The zero-order valence-corrected chi connectivity index (χ0v) is 16.6. The lowest BCUT2D eigenvalue weighted by Crippen LogP contribution is -2.15. The van der Waals surface area contributed by atoms with E-state index in [1.165, 1.54) is 0 Å². The molecule has 0 saturated carbocycles. The first-order valence-electron chi connectivity index (χ1n) is 9.62. The summed E-state index contributed by atoms with van der Waals surface area (Å²) < 4.78 is 10.9. The number of para-hydroxylation sites is 1. The van der Waals surface area contributed by atoms with Gasteiger partial charge in [0.1, 0.15) is 17.2 Å². The Bertz CT molecular complexity index is 997. The van der Waals surface area contributed by atoms with Gasteiger partial charge in [0, 0.05) is 5.69 Å². The molecular formula is C24H23NO5. The minimum atomic E-state index is -1.03. The van der Waals surface area contributed by atoms with Crippen LogP contribution in [-0.4, -0.2) is 23.6 Å². The smallest absolute Gasteiger partial charge is 0.341 e. The lowest BCUT2D eigenvalue weighted by Gasteiger charge is -2.10. The number of hydrogen-bond donors (Lipinski definition) is 2. The summed E-state index contributed by atoms with van der Waals surface area (Å²) in [5.74, 6) is 0.588. The summed E-state index contributed by atoms with van der Waals surface area (Å²) in [5, 5.41) is 11.6. The van der Waals surface area contributed by atoms with Crippen LogP contribution in [0.15, 0.2) is 72.8 Å². The number of carboxylic acids is 1. The molecule has 3 rings (SSSR count). The first-order valence-corrected chi connectivity index (χ1v) is 9.62. The van der Waals surface area contributed by atoms with Crippen molar-refractivity contribution in [2.24, 2.45) is 0 Å². The number of benzene rings is 3. The normalized spacial score (nSPS) is 10.3. The van der Waals surface area contributed by atoms with Crippen LogP contribution in [0, 0.1) is 0 Å². The fourth-order valence-corrected chi connectivity index (χ4v) is 2.89. The average molecular weight is 405 g/mol. The topological polar surface area (TPSA) is 84.9 Å². The van der Waals surface area contributed by atoms with Crippen molar-refractivity contribution in [3.8, 4) is 17.2 Å². The van der Waals surface area contributed by atoms with Crippen LogP contribution < -0.4 is 14.8 Å². The third-order valence-corrected chi connectivity index (χ3v) is 4.38. The Kier molecular flexibility index (Phi) is 7.05. The zero-order chi connectivity index (χ0) is 21.3. The number of carbonyl (C=O) groups is 2. The van der Waals surface area contributed by atoms with Crippen molar-refractivity contribution in [2.75, 3.05) is 11.9 Å². The van der Waals surface area contributed by atoms with E-state index >= 15 is 0 Å². The summed E-state index contributed by atoms with van der Waals surface area (Å²) >= 11 is 0. The number of aryl methyl sites for hydroxylation is 1. The fourth-order valence-electron chi connectivity index (χ4n) is 2.89. The summed E-state index contributed by atoms with van der Waals surface area (Å²) in [6.45, 7) is 1.67. The molecule has 0 heterocycles. The predicted molar refractivity (Wildman–Crippen MR) is 114 cm³/mol. The maximum atomic E-state index is 12.4. The van der Waals surface area contributed by atoms with E-state index in [9.17, 15) is 9.59 Å². The molecular weight excluding hydrogens is 382 g/mol. The second kappa shape index (κ2) is 10.1. The minimum Gasteiger partial charge on any atom is -0.482 e. The molecule has 6 nitrogen and oxygen atoms in total. The van der Waals surface area contributed by atoms with Gasteiger partial charge in [0.15, 0.2) is 6.61 Å². The van der Waals surface area contributed by atoms with Crippen molar-refractivity contribution in [1.82, 2.24) is 0 Å². The summed E-state index contributed by atoms with van der Waals surface area (Å²) in [5.41, 5.74) is 2.83. The summed E-state index contributed by atoms with van der Waals surface area (Å²) in [4.78, 5) is 22.9. The number of amides is 1. The highest BCUT2D eigenvalue weighted by Gasteiger charge is 2.07. The maximum absolute atomic E-state index is 12.4. The molecule has 0 saturated heterocycles. The van der Waals surface area contributed by atoms with E-state index in [1.807, 2.05) is 36.4 Å². The van der Waals surface area contributed by atoms with Crippen LogP contribution in [0.3, 0.4) is 0 Å². The maximum Gasteiger partial charge on any atom is 0.341 e. The van der Waals surface area contributed by atoms with Gasteiger partial charge in [-0.3, -0.25) is 4.79 Å². The Morgan fingerprint density at radius 1 is 0.867 bits per heavy atom. The molecule has 2 N–H and O–H groups in total. The summed E-state index contributed by atoms with van der Waals surface area (Å²) in [6, 6.07) is 21.8. The lowest BCUT2D eigenvalue weighted by molar-refractivity contribution is -0.139. The molecule has 154 valence electrons. The largest absolute Gasteiger partial charge is 0.482 e. The van der Waals surface area contributed by atoms with E-state index in [0.717, 1.165) is 23.2 Å². The van der Waals surface area contributed by atoms with Gasteiger partial charge in [-0.05, 0) is 60.0 Å². The van der Waals surface area contributed by atoms with E-state index in [2.05, 4.69) is 12.2 Å². The molecule has 0 aliphatic carbocycles. The van der Waals surface area contributed by atoms with E-state index in [4.69, 9.17) is 14.6 Å². The number of ether oxygens (including phenoxy) is 2. The molecule has 0 radical (unpaired) electrons. The number of carbonyl (C=O) groups excluding carboxylic acids is 1. The van der Waals surface area contributed by atoms with Crippen LogP contribution >= 0.6 is 0 Å². The van der Waals surface area contributed by atoms with Crippen LogP contribution in [0.25, 0.3) is 0 Å². The molecule has 30 heavy (non-hydrogen) atoms. The van der Waals surface area contributed by atoms with E-state index in [0.29, 0.717) is 17.2 Å². The van der Waals surface area contributed by atoms with Crippen LogP contribution in [0.4, 0.5) is 5.69 Å². The highest BCUT2D eigenvalue weighted by molar-refractivity contribution is 5.93. The van der Waals surface area contributed by atoms with Gasteiger partial charge in [-0.15, -0.1) is 0 Å². The first-order chi connectivity index (χ1) is 14.5. The van der Waals surface area contributed by atoms with Gasteiger partial charge in [-0.1, -0.05) is 37.3 Å². The minimum absolute atomic E-state index is 0.0680. The first kappa shape index (κ1) is 20.9. The summed E-state index contributed by atoms with van der Waals surface area (Å²) in [6.07, 6.45) is 1.13. The second-order valence-electron chi connectivity index (χ2n) is 6.64. The zero-order valence-electron chi connectivity index (χ0n) is 16.6. The Hall–Kier alpha value is -3.80. The lowest BCUT2D eigenvalue weighted by atomic mass is 10.1. The predicted octanol–water partition coefficient (Wildman–Crippen LogP) is 4.69. The molecule has 0 atom stereocenters. The van der Waals surface area contributed by atoms with Gasteiger partial charge >= 0.3 is 5.97 Å². The van der Waals surface area contributed by atoms with Crippen LogP contribution in [-0.2, 0) is 22.4 Å². The van der Waals surface area contributed by atoms with Crippen LogP contribution in [0.5, 0.6) is 17.2 Å². The highest BCUT2D eigenvalue weighted by Crippen LogP contribution is 2.24. The van der Waals surface area contributed by atoms with E-state index in [1.54, 1.807) is 36.4 Å². The number of anilines is 1. The standard InChI is InChI=1S/C24H23NO5/c1-2-18-5-3-4-6-22(18)25-23(26)15-17-7-9-20(10-8-17)30-21-13-11-19(12-14-21)29-16-24(27)28/h3-14H,2,15-16H2,1H3,(H,25,26)(H,27,28). The van der Waals surface area contributed by atoms with Crippen LogP contribution in [0.1, 0.15) is 18.1 Å². The molecule has 3 aromatic carbocycles. The van der Waals surface area contributed by atoms with Gasteiger partial charge in [-0.25, -0.2) is 4.79 Å². The van der Waals surface area contributed by atoms with E-state index in [-0.39, 0.29) is 18.9 Å². The van der Waals surface area contributed by atoms with Crippen molar-refractivity contribution in [2.45, 2.75) is 19.8 Å². The molecule has 0 spiro atoms. The molecule has 0 aromatic heterocycles. The number of carboxylic acid groups (broad SMARTS) is 1. The monoisotopic (exact) mass is 405 g/mol. The second-order valence-corrected chi connectivity index (χ2v) is 6.64. The number of aliphatic carboxylic acids is 1. The van der Waals surface area contributed by atoms with Gasteiger partial charge in [-0.2, -0.15) is 0 Å². The molecule has 0 bridgehead atoms. The van der Waals surface area contributed by atoms with Gasteiger partial charge in [0.2, 0.25) is 5.91 Å². The highest BCUT2D eigenvalue weighted by atomic mass is 16.5. The molecule has 0 aliphatic heterocycles. The number of hydrogen-bond acceptors (Lipinski definition) is 4. The molecule has 0 fully saturated rings. The van der Waals surface area contributed by atoms with Crippen molar-refractivity contribution in [3.05, 3.63) is 83.9 Å². The van der Waals surface area contributed by atoms with Crippen molar-refractivity contribution in [3.63, 3.8) is 0 Å². The average Bonchev–Trinajstić information content (AvgIpc) is 2.75. The number of nitrogens with one attached hydrogen (secondary N) is 1. The van der Waals surface area contributed by atoms with E-state index < -0.39 is 5.97 Å². The summed E-state index contributed by atoms with van der Waals surface area (Å²) in [7, 11) is 0. The van der Waals surface area contributed by atoms with Gasteiger partial charge in [0.25, 0.3) is 0 Å². The Balaban J connectivity index is 1.54. The Labute approximate surface area is 175 Å². The molecule has 1 amide bonds. The Morgan fingerprint density at radius 3 is 2.10 bits per heavy atom. The molecule has 0 aliphatic rings.